The Kier molecular flexibility index (Phi) is 10.5. The Morgan fingerprint density at radius 3 is 2.65 bits per heavy atom. The van der Waals surface area contributed by atoms with Crippen LogP contribution in [-0.4, -0.2) is 55.2 Å². The van der Waals surface area contributed by atoms with Gasteiger partial charge in [-0.25, -0.2) is 4.99 Å². The van der Waals surface area contributed by atoms with Gasteiger partial charge in [0.1, 0.15) is 11.4 Å². The number of nitrogens with one attached hydrogen (secondary N) is 2. The van der Waals surface area contributed by atoms with Gasteiger partial charge in [-0.2, -0.15) is 0 Å². The van der Waals surface area contributed by atoms with Crippen molar-refractivity contribution < 1.29 is 9.52 Å². The lowest BCUT2D eigenvalue weighted by molar-refractivity contribution is 0.0437. The first kappa shape index (κ1) is 22.2. The summed E-state index contributed by atoms with van der Waals surface area (Å²) in [5, 5.41) is 16.9. The highest BCUT2D eigenvalue weighted by Crippen LogP contribution is 2.20. The van der Waals surface area contributed by atoms with Gasteiger partial charge in [0.15, 0.2) is 5.96 Å². The van der Waals surface area contributed by atoms with Crippen LogP contribution in [0.4, 0.5) is 0 Å². The molecule has 0 spiro atoms. The largest absolute Gasteiger partial charge is 0.466 e. The molecule has 0 saturated heterocycles. The van der Waals surface area contributed by atoms with Gasteiger partial charge in [0.2, 0.25) is 0 Å². The van der Waals surface area contributed by atoms with Crippen LogP contribution < -0.4 is 10.6 Å². The van der Waals surface area contributed by atoms with E-state index in [1.807, 2.05) is 6.92 Å². The predicted molar refractivity (Wildman–Crippen MR) is 105 cm³/mol. The van der Waals surface area contributed by atoms with Gasteiger partial charge in [-0.3, -0.25) is 0 Å². The number of rotatable bonds is 8. The summed E-state index contributed by atoms with van der Waals surface area (Å²) in [5.74, 6) is 1.22. The van der Waals surface area contributed by atoms with Crippen LogP contribution in [0.15, 0.2) is 27.8 Å². The number of furan rings is 1. The molecule has 1 atom stereocenters. The Bertz CT molecular complexity index is 447. The second-order valence-corrected chi connectivity index (χ2v) is 5.95. The first-order valence-corrected chi connectivity index (χ1v) is 7.85. The maximum absolute atomic E-state index is 10.4. The van der Waals surface area contributed by atoms with Crippen molar-refractivity contribution in [2.75, 3.05) is 33.2 Å². The maximum Gasteiger partial charge on any atom is 0.191 e. The van der Waals surface area contributed by atoms with Crippen molar-refractivity contribution in [2.45, 2.75) is 39.3 Å². The van der Waals surface area contributed by atoms with Crippen LogP contribution in [0.3, 0.4) is 0 Å². The van der Waals surface area contributed by atoms with E-state index in [4.69, 9.17) is 4.42 Å². The monoisotopic (exact) mass is 438 g/mol. The molecule has 7 heteroatoms. The molecule has 0 aliphatic carbocycles. The SMILES string of the molecule is CCNC(=NCC(C)(O)c1ccco1)NCCN(C)C(C)C.I. The van der Waals surface area contributed by atoms with Crippen LogP contribution in [0, 0.1) is 0 Å². The Hall–Kier alpha value is -0.800. The van der Waals surface area contributed by atoms with Crippen molar-refractivity contribution in [1.29, 1.82) is 0 Å². The molecule has 134 valence electrons. The molecular formula is C16H31IN4O2. The van der Waals surface area contributed by atoms with Crippen molar-refractivity contribution in [3.05, 3.63) is 24.2 Å². The number of guanidine groups is 1. The lowest BCUT2D eigenvalue weighted by Crippen LogP contribution is -2.42. The molecule has 1 aromatic rings. The normalized spacial score (nSPS) is 14.5. The Balaban J connectivity index is 0.00000484. The molecule has 0 aliphatic heterocycles. The third-order valence-corrected chi connectivity index (χ3v) is 3.58. The molecule has 0 aromatic carbocycles. The lowest BCUT2D eigenvalue weighted by Gasteiger charge is -2.22. The second kappa shape index (κ2) is 10.9. The molecule has 1 heterocycles. The molecule has 1 aromatic heterocycles. The van der Waals surface area contributed by atoms with Crippen LogP contribution in [0.5, 0.6) is 0 Å². The predicted octanol–water partition coefficient (Wildman–Crippen LogP) is 2.00. The van der Waals surface area contributed by atoms with Gasteiger partial charge in [-0.15, -0.1) is 24.0 Å². The fraction of sp³-hybridized carbons (Fsp3) is 0.688. The average Bonchev–Trinajstić information content (AvgIpc) is 2.99. The van der Waals surface area contributed by atoms with E-state index in [9.17, 15) is 5.11 Å². The van der Waals surface area contributed by atoms with E-state index in [2.05, 4.69) is 41.4 Å². The summed E-state index contributed by atoms with van der Waals surface area (Å²) in [7, 11) is 2.10. The summed E-state index contributed by atoms with van der Waals surface area (Å²) in [5.41, 5.74) is -1.11. The molecule has 0 bridgehead atoms. The van der Waals surface area contributed by atoms with Gasteiger partial charge in [-0.05, 0) is 46.9 Å². The van der Waals surface area contributed by atoms with E-state index in [1.165, 1.54) is 0 Å². The highest BCUT2D eigenvalue weighted by molar-refractivity contribution is 14.0. The van der Waals surface area contributed by atoms with Crippen molar-refractivity contribution in [1.82, 2.24) is 15.5 Å². The summed E-state index contributed by atoms with van der Waals surface area (Å²) < 4.78 is 5.26. The van der Waals surface area contributed by atoms with E-state index in [1.54, 1.807) is 25.3 Å². The molecule has 6 nitrogen and oxygen atoms in total. The first-order valence-electron chi connectivity index (χ1n) is 7.85. The van der Waals surface area contributed by atoms with Crippen LogP contribution >= 0.6 is 24.0 Å². The summed E-state index contributed by atoms with van der Waals surface area (Å²) in [6.45, 7) is 10.8. The summed E-state index contributed by atoms with van der Waals surface area (Å²) in [6.07, 6.45) is 1.55. The minimum absolute atomic E-state index is 0. The fourth-order valence-electron chi connectivity index (χ4n) is 1.85. The second-order valence-electron chi connectivity index (χ2n) is 5.95. The van der Waals surface area contributed by atoms with E-state index < -0.39 is 5.60 Å². The number of nitrogens with zero attached hydrogens (tertiary/aromatic N) is 2. The Labute approximate surface area is 156 Å². The highest BCUT2D eigenvalue weighted by Gasteiger charge is 2.26. The minimum Gasteiger partial charge on any atom is -0.466 e. The highest BCUT2D eigenvalue weighted by atomic mass is 127. The Morgan fingerprint density at radius 2 is 2.13 bits per heavy atom. The number of halogens is 1. The Morgan fingerprint density at radius 1 is 1.43 bits per heavy atom. The molecule has 0 saturated carbocycles. The van der Waals surface area contributed by atoms with E-state index >= 15 is 0 Å². The van der Waals surface area contributed by atoms with E-state index in [0.717, 1.165) is 19.6 Å². The molecule has 1 unspecified atom stereocenters. The number of aliphatic imine (C=N–C) groups is 1. The van der Waals surface area contributed by atoms with Crippen LogP contribution in [0.2, 0.25) is 0 Å². The van der Waals surface area contributed by atoms with Crippen LogP contribution in [0.25, 0.3) is 0 Å². The van der Waals surface area contributed by atoms with Gasteiger partial charge in [0.05, 0.1) is 12.8 Å². The summed E-state index contributed by atoms with van der Waals surface area (Å²) in [4.78, 5) is 6.71. The average molecular weight is 438 g/mol. The third-order valence-electron chi connectivity index (χ3n) is 3.58. The van der Waals surface area contributed by atoms with Gasteiger partial charge < -0.3 is 25.1 Å². The van der Waals surface area contributed by atoms with Crippen LogP contribution in [0.1, 0.15) is 33.5 Å². The summed E-state index contributed by atoms with van der Waals surface area (Å²) in [6, 6.07) is 4.03. The third kappa shape index (κ3) is 8.03. The molecular weight excluding hydrogens is 407 g/mol. The maximum atomic E-state index is 10.4. The lowest BCUT2D eigenvalue weighted by atomic mass is 10.0. The molecule has 0 radical (unpaired) electrons. The number of likely N-dealkylation sites (N-methyl/N-ethyl adjacent to an activating group) is 1. The van der Waals surface area contributed by atoms with E-state index in [-0.39, 0.29) is 30.5 Å². The first-order chi connectivity index (χ1) is 10.4. The van der Waals surface area contributed by atoms with Crippen LogP contribution in [-0.2, 0) is 5.60 Å². The van der Waals surface area contributed by atoms with Gasteiger partial charge in [0, 0.05) is 25.7 Å². The smallest absolute Gasteiger partial charge is 0.191 e. The van der Waals surface area contributed by atoms with E-state index in [0.29, 0.717) is 17.8 Å². The quantitative estimate of drug-likeness (QED) is 0.329. The minimum atomic E-state index is -1.11. The molecule has 0 aliphatic rings. The molecule has 23 heavy (non-hydrogen) atoms. The van der Waals surface area contributed by atoms with Crippen molar-refractivity contribution in [3.8, 4) is 0 Å². The molecule has 0 fully saturated rings. The topological polar surface area (TPSA) is 73.0 Å². The molecule has 0 amide bonds. The van der Waals surface area contributed by atoms with Gasteiger partial charge in [0.25, 0.3) is 0 Å². The molecule has 1 rings (SSSR count). The van der Waals surface area contributed by atoms with Crippen molar-refractivity contribution in [2.24, 2.45) is 4.99 Å². The fourth-order valence-corrected chi connectivity index (χ4v) is 1.85. The van der Waals surface area contributed by atoms with Gasteiger partial charge in [-0.1, -0.05) is 0 Å². The van der Waals surface area contributed by atoms with Crippen molar-refractivity contribution >= 4 is 29.9 Å². The zero-order chi connectivity index (χ0) is 16.6. The zero-order valence-electron chi connectivity index (χ0n) is 14.8. The number of aliphatic hydroxyl groups is 1. The summed E-state index contributed by atoms with van der Waals surface area (Å²) >= 11 is 0. The van der Waals surface area contributed by atoms with Gasteiger partial charge >= 0.3 is 0 Å². The zero-order valence-corrected chi connectivity index (χ0v) is 17.1. The number of hydrogen-bond acceptors (Lipinski definition) is 4. The number of hydrogen-bond donors (Lipinski definition) is 3. The molecule has 3 N–H and O–H groups in total. The van der Waals surface area contributed by atoms with Crippen molar-refractivity contribution in [3.63, 3.8) is 0 Å². The standard InChI is InChI=1S/C16H30N4O2.HI/c1-6-17-15(18-9-10-20(5)13(2)3)19-12-16(4,21)14-8-7-11-22-14;/h7-8,11,13,21H,6,9-10,12H2,1-5H3,(H2,17,18,19);1H.